The van der Waals surface area contributed by atoms with E-state index in [0.717, 1.165) is 36.5 Å². The standard InChI is InChI=1S/C31H24F8N2O2/c1-43-29(31(37,38)39,21-10-6-3-7-11-21)27(42)41-19-28(17-20-8-4-2-5-9-20,26-13-12-24(32)18-40-26)22-14-23(30(34,35)36)16-25(33)15-22/h2-16,18H,17,19H2,1H3,(H,41,42)/t28-,29-/m0/s1. The smallest absolute Gasteiger partial charge is 0.356 e. The molecule has 0 fully saturated rings. The summed E-state index contributed by atoms with van der Waals surface area (Å²) in [7, 11) is 0.695. The van der Waals surface area contributed by atoms with Crippen molar-refractivity contribution in [2.75, 3.05) is 13.7 Å². The highest BCUT2D eigenvalue weighted by atomic mass is 19.4. The third kappa shape index (κ3) is 6.38. The molecule has 226 valence electrons. The molecule has 0 unspecified atom stereocenters. The van der Waals surface area contributed by atoms with E-state index >= 15 is 0 Å². The maximum absolute atomic E-state index is 14.8. The van der Waals surface area contributed by atoms with Gasteiger partial charge >= 0.3 is 12.4 Å². The molecule has 0 radical (unpaired) electrons. The van der Waals surface area contributed by atoms with Gasteiger partial charge in [-0.3, -0.25) is 9.78 Å². The van der Waals surface area contributed by atoms with Crippen molar-refractivity contribution in [1.29, 1.82) is 0 Å². The molecule has 4 rings (SSSR count). The molecule has 12 heteroatoms. The molecule has 4 nitrogen and oxygen atoms in total. The number of ether oxygens (including phenoxy) is 1. The molecule has 1 heterocycles. The van der Waals surface area contributed by atoms with Gasteiger partial charge in [-0.2, -0.15) is 26.3 Å². The van der Waals surface area contributed by atoms with E-state index in [-0.39, 0.29) is 23.7 Å². The molecule has 1 aromatic heterocycles. The van der Waals surface area contributed by atoms with Crippen molar-refractivity contribution in [3.63, 3.8) is 0 Å². The first-order valence-corrected chi connectivity index (χ1v) is 12.7. The average Bonchev–Trinajstić information content (AvgIpc) is 2.96. The molecule has 0 aliphatic heterocycles. The van der Waals surface area contributed by atoms with Crippen LogP contribution < -0.4 is 5.32 Å². The van der Waals surface area contributed by atoms with Gasteiger partial charge in [-0.25, -0.2) is 8.78 Å². The first-order valence-electron chi connectivity index (χ1n) is 12.7. The number of rotatable bonds is 9. The molecule has 4 aromatic rings. The molecule has 0 saturated carbocycles. The van der Waals surface area contributed by atoms with Crippen LogP contribution in [-0.2, 0) is 33.1 Å². The van der Waals surface area contributed by atoms with E-state index in [0.29, 0.717) is 18.7 Å². The summed E-state index contributed by atoms with van der Waals surface area (Å²) in [5.41, 5.74) is -7.40. The third-order valence-corrected chi connectivity index (χ3v) is 7.10. The van der Waals surface area contributed by atoms with Crippen LogP contribution >= 0.6 is 0 Å². The van der Waals surface area contributed by atoms with Crippen LogP contribution in [0.1, 0.15) is 27.9 Å². The van der Waals surface area contributed by atoms with Crippen molar-refractivity contribution >= 4 is 5.91 Å². The molecule has 1 amide bonds. The Morgan fingerprint density at radius 3 is 1.91 bits per heavy atom. The summed E-state index contributed by atoms with van der Waals surface area (Å²) in [6.45, 7) is -0.811. The molecular formula is C31H24F8N2O2. The first-order chi connectivity index (χ1) is 20.2. The van der Waals surface area contributed by atoms with Gasteiger partial charge in [-0.15, -0.1) is 0 Å². The number of amides is 1. The zero-order chi connectivity index (χ0) is 31.5. The summed E-state index contributed by atoms with van der Waals surface area (Å²) in [5.74, 6) is -3.78. The van der Waals surface area contributed by atoms with E-state index in [4.69, 9.17) is 4.74 Å². The van der Waals surface area contributed by atoms with Crippen LogP contribution in [0.3, 0.4) is 0 Å². The lowest BCUT2D eigenvalue weighted by Crippen LogP contribution is -2.58. The van der Waals surface area contributed by atoms with E-state index in [2.05, 4.69) is 10.3 Å². The van der Waals surface area contributed by atoms with Gasteiger partial charge in [-0.1, -0.05) is 60.7 Å². The summed E-state index contributed by atoms with van der Waals surface area (Å²) in [6, 6.07) is 17.9. The Kier molecular flexibility index (Phi) is 8.91. The van der Waals surface area contributed by atoms with Crippen molar-refractivity contribution in [3.8, 4) is 0 Å². The normalized spacial score (nSPS) is 14.9. The number of carbonyl (C=O) groups excluding carboxylic acids is 1. The lowest BCUT2D eigenvalue weighted by molar-refractivity contribution is -0.265. The zero-order valence-electron chi connectivity index (χ0n) is 22.4. The Bertz CT molecular complexity index is 1540. The van der Waals surface area contributed by atoms with Crippen LogP contribution in [0.2, 0.25) is 0 Å². The molecule has 0 spiro atoms. The summed E-state index contributed by atoms with van der Waals surface area (Å²) < 4.78 is 119. The van der Waals surface area contributed by atoms with Crippen LogP contribution in [0, 0.1) is 11.6 Å². The lowest BCUT2D eigenvalue weighted by atomic mass is 9.71. The van der Waals surface area contributed by atoms with Crippen LogP contribution in [0.25, 0.3) is 0 Å². The fourth-order valence-electron chi connectivity index (χ4n) is 5.01. The van der Waals surface area contributed by atoms with Crippen LogP contribution in [-0.4, -0.2) is 30.7 Å². The van der Waals surface area contributed by atoms with Crippen LogP contribution in [0.4, 0.5) is 35.1 Å². The van der Waals surface area contributed by atoms with Gasteiger partial charge in [0.1, 0.15) is 11.6 Å². The van der Waals surface area contributed by atoms with Gasteiger partial charge in [0.05, 0.1) is 22.9 Å². The van der Waals surface area contributed by atoms with Crippen molar-refractivity contribution < 1.29 is 44.7 Å². The monoisotopic (exact) mass is 608 g/mol. The maximum atomic E-state index is 14.8. The van der Waals surface area contributed by atoms with Gasteiger partial charge in [-0.05, 0) is 47.9 Å². The van der Waals surface area contributed by atoms with E-state index in [1.807, 2.05) is 0 Å². The SMILES string of the molecule is CO[C@](C(=O)NC[C@@](Cc1ccccc1)(c1cc(F)cc(C(F)(F)F)c1)c1ccc(F)cn1)(c1ccccc1)C(F)(F)F. The summed E-state index contributed by atoms with van der Waals surface area (Å²) >= 11 is 0. The number of benzene rings is 3. The second-order valence-corrected chi connectivity index (χ2v) is 9.76. The first kappa shape index (κ1) is 31.6. The second-order valence-electron chi connectivity index (χ2n) is 9.76. The van der Waals surface area contributed by atoms with Gasteiger partial charge in [0.15, 0.2) is 0 Å². The average molecular weight is 609 g/mol. The van der Waals surface area contributed by atoms with Crippen molar-refractivity contribution in [2.24, 2.45) is 0 Å². The predicted octanol–water partition coefficient (Wildman–Crippen LogP) is 7.13. The molecule has 0 aliphatic rings. The fourth-order valence-corrected chi connectivity index (χ4v) is 5.01. The van der Waals surface area contributed by atoms with Crippen molar-refractivity contribution in [2.45, 2.75) is 29.8 Å². The Labute approximate surface area is 241 Å². The Morgan fingerprint density at radius 2 is 1.37 bits per heavy atom. The van der Waals surface area contributed by atoms with E-state index < -0.39 is 58.6 Å². The number of halogens is 8. The molecule has 3 aromatic carbocycles. The topological polar surface area (TPSA) is 51.2 Å². The molecule has 43 heavy (non-hydrogen) atoms. The molecule has 0 bridgehead atoms. The maximum Gasteiger partial charge on any atom is 0.430 e. The predicted molar refractivity (Wildman–Crippen MR) is 141 cm³/mol. The van der Waals surface area contributed by atoms with Crippen molar-refractivity contribution in [1.82, 2.24) is 10.3 Å². The number of hydrogen-bond acceptors (Lipinski definition) is 3. The molecule has 1 N–H and O–H groups in total. The van der Waals surface area contributed by atoms with Gasteiger partial charge in [0.2, 0.25) is 0 Å². The highest BCUT2D eigenvalue weighted by Crippen LogP contribution is 2.43. The Balaban J connectivity index is 1.94. The summed E-state index contributed by atoms with van der Waals surface area (Å²) in [5, 5.41) is 2.21. The number of nitrogens with one attached hydrogen (secondary N) is 1. The zero-order valence-corrected chi connectivity index (χ0v) is 22.4. The largest absolute Gasteiger partial charge is 0.430 e. The number of carbonyl (C=O) groups is 1. The van der Waals surface area contributed by atoms with Gasteiger partial charge in [0.25, 0.3) is 11.5 Å². The highest BCUT2D eigenvalue weighted by Gasteiger charge is 2.62. The minimum Gasteiger partial charge on any atom is -0.356 e. The lowest BCUT2D eigenvalue weighted by Gasteiger charge is -2.38. The van der Waals surface area contributed by atoms with Gasteiger partial charge in [0, 0.05) is 19.2 Å². The van der Waals surface area contributed by atoms with E-state index in [1.165, 1.54) is 18.2 Å². The minimum atomic E-state index is -5.29. The Morgan fingerprint density at radius 1 is 0.767 bits per heavy atom. The number of nitrogens with zero attached hydrogens (tertiary/aromatic N) is 1. The van der Waals surface area contributed by atoms with Crippen LogP contribution in [0.5, 0.6) is 0 Å². The molecule has 2 atom stereocenters. The number of pyridine rings is 1. The molecule has 0 saturated heterocycles. The number of aromatic nitrogens is 1. The van der Waals surface area contributed by atoms with Gasteiger partial charge < -0.3 is 10.1 Å². The summed E-state index contributed by atoms with van der Waals surface area (Å²) in [4.78, 5) is 17.6. The van der Waals surface area contributed by atoms with Crippen LogP contribution in [0.15, 0.2) is 97.2 Å². The number of alkyl halides is 6. The van der Waals surface area contributed by atoms with E-state index in [1.54, 1.807) is 30.3 Å². The highest BCUT2D eigenvalue weighted by molar-refractivity contribution is 5.88. The quantitative estimate of drug-likeness (QED) is 0.206. The minimum absolute atomic E-state index is 0.133. The summed E-state index contributed by atoms with van der Waals surface area (Å²) in [6.07, 6.45) is -9.79. The number of hydrogen-bond donors (Lipinski definition) is 1. The van der Waals surface area contributed by atoms with Crippen molar-refractivity contribution in [3.05, 3.63) is 137 Å². The third-order valence-electron chi connectivity index (χ3n) is 7.10. The fraction of sp³-hybridized carbons (Fsp3) is 0.226. The second kappa shape index (κ2) is 12.1. The number of methoxy groups -OCH3 is 1. The molecule has 0 aliphatic carbocycles. The molecular weight excluding hydrogens is 584 g/mol. The van der Waals surface area contributed by atoms with E-state index in [9.17, 15) is 39.9 Å². The Hall–Kier alpha value is -4.32.